The Morgan fingerprint density at radius 2 is 2.08 bits per heavy atom. The first kappa shape index (κ1) is 9.09. The van der Waals surface area contributed by atoms with Gasteiger partial charge in [-0.3, -0.25) is 4.98 Å². The molecule has 4 heteroatoms. The van der Waals surface area contributed by atoms with E-state index in [9.17, 15) is 0 Å². The standard InChI is InChI=1S/C9H11BrN2O/c10-9-6-11-5-8(12-9)7-1-3-13-4-2-7/h5-7H,1-4H2. The van der Waals surface area contributed by atoms with Gasteiger partial charge in [0.15, 0.2) is 0 Å². The Labute approximate surface area is 85.7 Å². The smallest absolute Gasteiger partial charge is 0.124 e. The van der Waals surface area contributed by atoms with E-state index in [1.807, 2.05) is 6.20 Å². The quantitative estimate of drug-likeness (QED) is 0.757. The average Bonchev–Trinajstić information content (AvgIpc) is 2.19. The summed E-state index contributed by atoms with van der Waals surface area (Å²) in [5.41, 5.74) is 1.08. The maximum absolute atomic E-state index is 5.29. The number of hydrogen-bond donors (Lipinski definition) is 0. The van der Waals surface area contributed by atoms with Crippen molar-refractivity contribution in [2.24, 2.45) is 0 Å². The minimum atomic E-state index is 0.527. The predicted octanol–water partition coefficient (Wildman–Crippen LogP) is 2.13. The summed E-state index contributed by atoms with van der Waals surface area (Å²) in [7, 11) is 0. The summed E-state index contributed by atoms with van der Waals surface area (Å²) in [5.74, 6) is 0.527. The van der Waals surface area contributed by atoms with Gasteiger partial charge in [-0.25, -0.2) is 4.98 Å². The fourth-order valence-corrected chi connectivity index (χ4v) is 1.87. The van der Waals surface area contributed by atoms with Crippen molar-refractivity contribution in [2.75, 3.05) is 13.2 Å². The topological polar surface area (TPSA) is 35.0 Å². The highest BCUT2D eigenvalue weighted by Gasteiger charge is 2.17. The van der Waals surface area contributed by atoms with Crippen LogP contribution in [0.5, 0.6) is 0 Å². The zero-order valence-corrected chi connectivity index (χ0v) is 8.83. The van der Waals surface area contributed by atoms with E-state index < -0.39 is 0 Å². The Bertz CT molecular complexity index is 287. The van der Waals surface area contributed by atoms with Crippen LogP contribution in [0.4, 0.5) is 0 Å². The van der Waals surface area contributed by atoms with Gasteiger partial charge in [-0.05, 0) is 28.8 Å². The molecule has 0 spiro atoms. The normalized spacial score (nSPS) is 18.8. The molecule has 1 aliphatic heterocycles. The van der Waals surface area contributed by atoms with E-state index in [1.165, 1.54) is 0 Å². The third-order valence-corrected chi connectivity index (χ3v) is 2.65. The average molecular weight is 243 g/mol. The predicted molar refractivity (Wildman–Crippen MR) is 52.5 cm³/mol. The van der Waals surface area contributed by atoms with Crippen LogP contribution < -0.4 is 0 Å². The molecule has 0 bridgehead atoms. The van der Waals surface area contributed by atoms with Crippen LogP contribution >= 0.6 is 15.9 Å². The lowest BCUT2D eigenvalue weighted by Crippen LogP contribution is -2.15. The summed E-state index contributed by atoms with van der Waals surface area (Å²) >= 11 is 3.32. The van der Waals surface area contributed by atoms with Gasteiger partial charge in [0, 0.05) is 25.3 Å². The van der Waals surface area contributed by atoms with Crippen LogP contribution in [-0.2, 0) is 4.74 Å². The highest BCUT2D eigenvalue weighted by molar-refractivity contribution is 9.10. The van der Waals surface area contributed by atoms with E-state index in [1.54, 1.807) is 6.20 Å². The van der Waals surface area contributed by atoms with Crippen LogP contribution in [0.25, 0.3) is 0 Å². The molecule has 2 rings (SSSR count). The Morgan fingerprint density at radius 3 is 2.77 bits per heavy atom. The number of ether oxygens (including phenoxy) is 1. The molecule has 1 fully saturated rings. The van der Waals surface area contributed by atoms with Crippen LogP contribution in [0, 0.1) is 0 Å². The van der Waals surface area contributed by atoms with Gasteiger partial charge in [-0.15, -0.1) is 0 Å². The maximum atomic E-state index is 5.29. The number of nitrogens with zero attached hydrogens (tertiary/aromatic N) is 2. The Kier molecular flexibility index (Phi) is 2.90. The van der Waals surface area contributed by atoms with Crippen molar-refractivity contribution in [1.82, 2.24) is 9.97 Å². The second-order valence-corrected chi connectivity index (χ2v) is 3.97. The van der Waals surface area contributed by atoms with Gasteiger partial charge in [-0.1, -0.05) is 0 Å². The molecule has 70 valence electrons. The molecule has 0 aromatic carbocycles. The molecular formula is C9H11BrN2O. The molecular weight excluding hydrogens is 232 g/mol. The van der Waals surface area contributed by atoms with Crippen molar-refractivity contribution in [2.45, 2.75) is 18.8 Å². The van der Waals surface area contributed by atoms with E-state index in [0.29, 0.717) is 5.92 Å². The molecule has 2 heterocycles. The molecule has 0 atom stereocenters. The van der Waals surface area contributed by atoms with E-state index in [0.717, 1.165) is 36.4 Å². The van der Waals surface area contributed by atoms with Gasteiger partial charge in [0.2, 0.25) is 0 Å². The molecule has 3 nitrogen and oxygen atoms in total. The first-order chi connectivity index (χ1) is 6.36. The number of rotatable bonds is 1. The van der Waals surface area contributed by atoms with E-state index in [-0.39, 0.29) is 0 Å². The molecule has 0 radical (unpaired) electrons. The van der Waals surface area contributed by atoms with Crippen LogP contribution in [0.1, 0.15) is 24.5 Å². The molecule has 1 saturated heterocycles. The van der Waals surface area contributed by atoms with Crippen molar-refractivity contribution < 1.29 is 4.74 Å². The number of aromatic nitrogens is 2. The van der Waals surface area contributed by atoms with E-state index in [2.05, 4.69) is 25.9 Å². The summed E-state index contributed by atoms with van der Waals surface area (Å²) in [5, 5.41) is 0. The molecule has 0 aliphatic carbocycles. The summed E-state index contributed by atoms with van der Waals surface area (Å²) < 4.78 is 6.11. The summed E-state index contributed by atoms with van der Waals surface area (Å²) in [4.78, 5) is 8.50. The monoisotopic (exact) mass is 242 g/mol. The first-order valence-electron chi connectivity index (χ1n) is 4.41. The lowest BCUT2D eigenvalue weighted by Gasteiger charge is -2.20. The molecule has 1 aromatic rings. The minimum Gasteiger partial charge on any atom is -0.381 e. The second kappa shape index (κ2) is 4.15. The molecule has 0 saturated carbocycles. The highest BCUT2D eigenvalue weighted by Crippen LogP contribution is 2.25. The third-order valence-electron chi connectivity index (χ3n) is 2.26. The van der Waals surface area contributed by atoms with Crippen LogP contribution in [0.2, 0.25) is 0 Å². The van der Waals surface area contributed by atoms with Crippen molar-refractivity contribution >= 4 is 15.9 Å². The highest BCUT2D eigenvalue weighted by atomic mass is 79.9. The lowest BCUT2D eigenvalue weighted by molar-refractivity contribution is 0.0844. The zero-order valence-electron chi connectivity index (χ0n) is 7.24. The summed E-state index contributed by atoms with van der Waals surface area (Å²) in [6.45, 7) is 1.69. The lowest BCUT2D eigenvalue weighted by atomic mass is 9.97. The van der Waals surface area contributed by atoms with E-state index >= 15 is 0 Å². The van der Waals surface area contributed by atoms with Gasteiger partial charge >= 0.3 is 0 Å². The van der Waals surface area contributed by atoms with E-state index in [4.69, 9.17) is 4.74 Å². The second-order valence-electron chi connectivity index (χ2n) is 3.15. The summed E-state index contributed by atoms with van der Waals surface area (Å²) in [6, 6.07) is 0. The molecule has 13 heavy (non-hydrogen) atoms. The van der Waals surface area contributed by atoms with Crippen molar-refractivity contribution in [3.63, 3.8) is 0 Å². The van der Waals surface area contributed by atoms with Crippen molar-refractivity contribution in [3.8, 4) is 0 Å². The summed E-state index contributed by atoms with van der Waals surface area (Å²) in [6.07, 6.45) is 5.68. The third kappa shape index (κ3) is 2.25. The fraction of sp³-hybridized carbons (Fsp3) is 0.556. The van der Waals surface area contributed by atoms with Crippen LogP contribution in [0.15, 0.2) is 17.0 Å². The molecule has 1 aromatic heterocycles. The Hall–Kier alpha value is -0.480. The van der Waals surface area contributed by atoms with Gasteiger partial charge in [0.05, 0.1) is 11.9 Å². The number of halogens is 1. The Morgan fingerprint density at radius 1 is 1.31 bits per heavy atom. The molecule has 0 N–H and O–H groups in total. The van der Waals surface area contributed by atoms with Crippen molar-refractivity contribution in [1.29, 1.82) is 0 Å². The molecule has 0 unspecified atom stereocenters. The molecule has 0 amide bonds. The van der Waals surface area contributed by atoms with Crippen LogP contribution in [0.3, 0.4) is 0 Å². The molecule has 1 aliphatic rings. The number of hydrogen-bond acceptors (Lipinski definition) is 3. The SMILES string of the molecule is Brc1cncc(C2CCOCC2)n1. The largest absolute Gasteiger partial charge is 0.381 e. The van der Waals surface area contributed by atoms with Gasteiger partial charge in [-0.2, -0.15) is 0 Å². The van der Waals surface area contributed by atoms with Gasteiger partial charge in [0.25, 0.3) is 0 Å². The van der Waals surface area contributed by atoms with Gasteiger partial charge < -0.3 is 4.74 Å². The first-order valence-corrected chi connectivity index (χ1v) is 5.21. The Balaban J connectivity index is 2.14. The zero-order chi connectivity index (χ0) is 9.10. The fourth-order valence-electron chi connectivity index (χ4n) is 1.55. The van der Waals surface area contributed by atoms with Crippen LogP contribution in [-0.4, -0.2) is 23.2 Å². The minimum absolute atomic E-state index is 0.527. The maximum Gasteiger partial charge on any atom is 0.124 e. The van der Waals surface area contributed by atoms with Crippen molar-refractivity contribution in [3.05, 3.63) is 22.7 Å². The van der Waals surface area contributed by atoms with Gasteiger partial charge in [0.1, 0.15) is 4.60 Å².